The summed E-state index contributed by atoms with van der Waals surface area (Å²) in [5, 5.41) is 0. The first kappa shape index (κ1) is 14.9. The van der Waals surface area contributed by atoms with Gasteiger partial charge in [0, 0.05) is 32.1 Å². The van der Waals surface area contributed by atoms with Crippen LogP contribution < -0.4 is 0 Å². The van der Waals surface area contributed by atoms with Crippen molar-refractivity contribution in [2.75, 3.05) is 32.7 Å². The molecule has 2 nitrogen and oxygen atoms in total. The van der Waals surface area contributed by atoms with Gasteiger partial charge in [-0.3, -0.25) is 4.90 Å². The minimum Gasteiger partial charge on any atom is -0.383 e. The van der Waals surface area contributed by atoms with Crippen LogP contribution in [-0.4, -0.2) is 43.6 Å². The second-order valence-corrected chi connectivity index (χ2v) is 3.89. The van der Waals surface area contributed by atoms with Crippen molar-refractivity contribution < 1.29 is 4.74 Å². The Bertz CT molecular complexity index is 158. The van der Waals surface area contributed by atoms with Gasteiger partial charge in [0.2, 0.25) is 0 Å². The Morgan fingerprint density at radius 1 is 1.27 bits per heavy atom. The van der Waals surface area contributed by atoms with Gasteiger partial charge in [0.05, 0.1) is 6.61 Å². The molecule has 0 bridgehead atoms. The maximum Gasteiger partial charge on any atom is 0.0589 e. The van der Waals surface area contributed by atoms with Crippen LogP contribution >= 0.6 is 11.6 Å². The Hall–Kier alpha value is -0.0500. The summed E-state index contributed by atoms with van der Waals surface area (Å²) >= 11 is 5.61. The molecule has 0 radical (unpaired) electrons. The molecule has 0 fully saturated rings. The SMILES string of the molecule is CCC(CC)N(CC=CCCl)CCOC. The standard InChI is InChI=1S/C12H24ClNO/c1-4-12(5-2)14(10-11-15-3)9-7-6-8-13/h6-7,12H,4-5,8-11H2,1-3H3. The highest BCUT2D eigenvalue weighted by atomic mass is 35.5. The fraction of sp³-hybridized carbons (Fsp3) is 0.833. The molecule has 0 aliphatic rings. The molecule has 0 rings (SSSR count). The van der Waals surface area contributed by atoms with Crippen molar-refractivity contribution in [1.29, 1.82) is 0 Å². The third-order valence-corrected chi connectivity index (χ3v) is 2.82. The molecule has 3 heteroatoms. The van der Waals surface area contributed by atoms with E-state index in [1.807, 2.05) is 6.08 Å². The first-order valence-corrected chi connectivity index (χ1v) is 6.27. The van der Waals surface area contributed by atoms with E-state index in [1.54, 1.807) is 7.11 Å². The number of hydrogen-bond donors (Lipinski definition) is 0. The summed E-state index contributed by atoms with van der Waals surface area (Å²) < 4.78 is 5.13. The van der Waals surface area contributed by atoms with E-state index in [4.69, 9.17) is 16.3 Å². The lowest BCUT2D eigenvalue weighted by Crippen LogP contribution is -2.37. The first-order valence-electron chi connectivity index (χ1n) is 5.74. The zero-order chi connectivity index (χ0) is 11.5. The van der Waals surface area contributed by atoms with Gasteiger partial charge in [0.25, 0.3) is 0 Å². The second-order valence-electron chi connectivity index (χ2n) is 3.58. The molecule has 0 unspecified atom stereocenters. The maximum atomic E-state index is 5.61. The fourth-order valence-electron chi connectivity index (χ4n) is 1.71. The van der Waals surface area contributed by atoms with Gasteiger partial charge in [-0.2, -0.15) is 0 Å². The van der Waals surface area contributed by atoms with Crippen LogP contribution in [0.15, 0.2) is 12.2 Å². The summed E-state index contributed by atoms with van der Waals surface area (Å²) in [6.45, 7) is 7.24. The normalized spacial score (nSPS) is 12.1. The van der Waals surface area contributed by atoms with E-state index in [-0.39, 0.29) is 0 Å². The van der Waals surface area contributed by atoms with Crippen molar-refractivity contribution in [3.8, 4) is 0 Å². The van der Waals surface area contributed by atoms with Crippen molar-refractivity contribution in [2.45, 2.75) is 32.7 Å². The van der Waals surface area contributed by atoms with E-state index in [0.717, 1.165) is 19.7 Å². The summed E-state index contributed by atoms with van der Waals surface area (Å²) in [7, 11) is 1.75. The van der Waals surface area contributed by atoms with E-state index in [0.29, 0.717) is 11.9 Å². The largest absolute Gasteiger partial charge is 0.383 e. The molecule has 0 amide bonds. The molecule has 0 N–H and O–H groups in total. The van der Waals surface area contributed by atoms with Crippen molar-refractivity contribution in [1.82, 2.24) is 4.90 Å². The van der Waals surface area contributed by atoms with E-state index in [9.17, 15) is 0 Å². The number of alkyl halides is 1. The lowest BCUT2D eigenvalue weighted by molar-refractivity contribution is 0.124. The topological polar surface area (TPSA) is 12.5 Å². The molecular formula is C12H24ClNO. The Kier molecular flexibility index (Phi) is 10.4. The quantitative estimate of drug-likeness (QED) is 0.449. The molecule has 90 valence electrons. The summed E-state index contributed by atoms with van der Waals surface area (Å²) in [5.74, 6) is 0.598. The van der Waals surface area contributed by atoms with Crippen LogP contribution in [0.2, 0.25) is 0 Å². The van der Waals surface area contributed by atoms with Crippen LogP contribution in [0, 0.1) is 0 Å². The molecule has 15 heavy (non-hydrogen) atoms. The Balaban J connectivity index is 4.08. The average molecular weight is 234 g/mol. The van der Waals surface area contributed by atoms with Gasteiger partial charge in [-0.05, 0) is 12.8 Å². The lowest BCUT2D eigenvalue weighted by atomic mass is 10.1. The third kappa shape index (κ3) is 6.93. The number of halogens is 1. The monoisotopic (exact) mass is 233 g/mol. The average Bonchev–Trinajstić information content (AvgIpc) is 2.26. The third-order valence-electron chi connectivity index (χ3n) is 2.64. The van der Waals surface area contributed by atoms with Crippen molar-refractivity contribution in [3.63, 3.8) is 0 Å². The maximum absolute atomic E-state index is 5.61. The van der Waals surface area contributed by atoms with E-state index >= 15 is 0 Å². The highest BCUT2D eigenvalue weighted by Gasteiger charge is 2.12. The van der Waals surface area contributed by atoms with E-state index in [1.165, 1.54) is 12.8 Å². The predicted octanol–water partition coefficient (Wildman–Crippen LogP) is 2.92. The van der Waals surface area contributed by atoms with Crippen LogP contribution in [0.1, 0.15) is 26.7 Å². The molecule has 0 aliphatic carbocycles. The van der Waals surface area contributed by atoms with Gasteiger partial charge in [0.1, 0.15) is 0 Å². The molecule has 0 aromatic heterocycles. The van der Waals surface area contributed by atoms with Gasteiger partial charge in [-0.15, -0.1) is 11.6 Å². The molecule has 0 atom stereocenters. The molecule has 0 aromatic carbocycles. The van der Waals surface area contributed by atoms with Crippen LogP contribution in [0.3, 0.4) is 0 Å². The van der Waals surface area contributed by atoms with Gasteiger partial charge < -0.3 is 4.74 Å². The fourth-order valence-corrected chi connectivity index (χ4v) is 1.84. The molecular weight excluding hydrogens is 210 g/mol. The number of nitrogens with zero attached hydrogens (tertiary/aromatic N) is 1. The summed E-state index contributed by atoms with van der Waals surface area (Å²) in [4.78, 5) is 2.45. The summed E-state index contributed by atoms with van der Waals surface area (Å²) in [6.07, 6.45) is 6.52. The van der Waals surface area contributed by atoms with Crippen molar-refractivity contribution in [2.24, 2.45) is 0 Å². The van der Waals surface area contributed by atoms with E-state index in [2.05, 4.69) is 24.8 Å². The Labute approximate surface area is 99.2 Å². The van der Waals surface area contributed by atoms with Gasteiger partial charge >= 0.3 is 0 Å². The summed E-state index contributed by atoms with van der Waals surface area (Å²) in [5.41, 5.74) is 0. The van der Waals surface area contributed by atoms with Crippen LogP contribution in [0.4, 0.5) is 0 Å². The number of methoxy groups -OCH3 is 1. The van der Waals surface area contributed by atoms with Crippen molar-refractivity contribution >= 4 is 11.6 Å². The highest BCUT2D eigenvalue weighted by Crippen LogP contribution is 2.08. The summed E-state index contributed by atoms with van der Waals surface area (Å²) in [6, 6.07) is 0.653. The zero-order valence-corrected chi connectivity index (χ0v) is 11.0. The van der Waals surface area contributed by atoms with Crippen LogP contribution in [0.25, 0.3) is 0 Å². The predicted molar refractivity (Wildman–Crippen MR) is 67.7 cm³/mol. The molecule has 0 saturated heterocycles. The number of rotatable bonds is 9. The van der Waals surface area contributed by atoms with Crippen LogP contribution in [0.5, 0.6) is 0 Å². The molecule has 0 spiro atoms. The van der Waals surface area contributed by atoms with Crippen molar-refractivity contribution in [3.05, 3.63) is 12.2 Å². The van der Waals surface area contributed by atoms with E-state index < -0.39 is 0 Å². The van der Waals surface area contributed by atoms with Gasteiger partial charge in [0.15, 0.2) is 0 Å². The van der Waals surface area contributed by atoms with Gasteiger partial charge in [-0.25, -0.2) is 0 Å². The Morgan fingerprint density at radius 2 is 1.93 bits per heavy atom. The van der Waals surface area contributed by atoms with Gasteiger partial charge in [-0.1, -0.05) is 26.0 Å². The van der Waals surface area contributed by atoms with Crippen LogP contribution in [-0.2, 0) is 4.74 Å². The lowest BCUT2D eigenvalue weighted by Gasteiger charge is -2.29. The number of ether oxygens (including phenoxy) is 1. The Morgan fingerprint density at radius 3 is 2.40 bits per heavy atom. The second kappa shape index (κ2) is 10.5. The first-order chi connectivity index (χ1) is 7.29. The molecule has 0 heterocycles. The highest BCUT2D eigenvalue weighted by molar-refractivity contribution is 6.18. The molecule has 0 aromatic rings. The number of hydrogen-bond acceptors (Lipinski definition) is 2. The number of allylic oxidation sites excluding steroid dienone is 1. The zero-order valence-electron chi connectivity index (χ0n) is 10.2. The minimum atomic E-state index is 0.598. The molecule has 0 saturated carbocycles. The smallest absolute Gasteiger partial charge is 0.0589 e. The molecule has 0 aliphatic heterocycles. The minimum absolute atomic E-state index is 0.598.